The van der Waals surface area contributed by atoms with Gasteiger partial charge in [0.1, 0.15) is 5.75 Å². The minimum Gasteiger partial charge on any atom is -0.494 e. The zero-order valence-corrected chi connectivity index (χ0v) is 10.8. The van der Waals surface area contributed by atoms with Gasteiger partial charge in [-0.3, -0.25) is 4.57 Å². The van der Waals surface area contributed by atoms with Crippen LogP contribution in [0.4, 0.5) is 0 Å². The van der Waals surface area contributed by atoms with Crippen molar-refractivity contribution >= 4 is 0 Å². The van der Waals surface area contributed by atoms with E-state index in [1.165, 1.54) is 10.8 Å². The monoisotopic (exact) mass is 259 g/mol. The molecule has 0 fully saturated rings. The number of hydrogen-bond donors (Lipinski definition) is 1. The highest BCUT2D eigenvalue weighted by atomic mass is 16.5. The Morgan fingerprint density at radius 2 is 2.16 bits per heavy atom. The largest absolute Gasteiger partial charge is 0.494 e. The summed E-state index contributed by atoms with van der Waals surface area (Å²) in [4.78, 5) is 15.3. The highest BCUT2D eigenvalue weighted by molar-refractivity contribution is 5.35. The minimum absolute atomic E-state index is 0.299. The van der Waals surface area contributed by atoms with E-state index in [-0.39, 0.29) is 11.7 Å². The molecule has 2 N–H and O–H groups in total. The molecule has 2 aromatic rings. The Bertz CT molecular complexity index is 595. The summed E-state index contributed by atoms with van der Waals surface area (Å²) in [7, 11) is 0. The highest BCUT2D eigenvalue weighted by Crippen LogP contribution is 2.24. The third-order valence-corrected chi connectivity index (χ3v) is 2.79. The van der Waals surface area contributed by atoms with Crippen LogP contribution in [-0.2, 0) is 6.54 Å². The van der Waals surface area contributed by atoms with Gasteiger partial charge < -0.3 is 10.5 Å². The smallest absolute Gasteiger partial charge is 0.347 e. The van der Waals surface area contributed by atoms with Crippen molar-refractivity contribution in [1.29, 1.82) is 0 Å². The second-order valence-corrected chi connectivity index (χ2v) is 4.13. The fourth-order valence-electron chi connectivity index (χ4n) is 1.91. The lowest BCUT2D eigenvalue weighted by Gasteiger charge is -2.17. The molecule has 5 nitrogen and oxygen atoms in total. The molecule has 0 bridgehead atoms. The summed E-state index contributed by atoms with van der Waals surface area (Å²) >= 11 is 0. The molecule has 0 aliphatic heterocycles. The molecule has 1 atom stereocenters. The zero-order valence-electron chi connectivity index (χ0n) is 10.8. The molecule has 0 amide bonds. The number of hydrogen-bond acceptors (Lipinski definition) is 4. The van der Waals surface area contributed by atoms with Crippen molar-refractivity contribution in [3.8, 4) is 5.75 Å². The zero-order chi connectivity index (χ0) is 13.7. The molecule has 0 saturated heterocycles. The van der Waals surface area contributed by atoms with Crippen LogP contribution in [0.15, 0.2) is 47.5 Å². The van der Waals surface area contributed by atoms with E-state index in [0.29, 0.717) is 13.2 Å². The van der Waals surface area contributed by atoms with Crippen molar-refractivity contribution in [3.05, 3.63) is 58.8 Å². The SMILES string of the molecule is CCOc1ccccc1C(N)Cn1cccnc1=O. The molecule has 1 aromatic heterocycles. The molecule has 0 radical (unpaired) electrons. The van der Waals surface area contributed by atoms with Gasteiger partial charge in [0.05, 0.1) is 12.6 Å². The van der Waals surface area contributed by atoms with Crippen molar-refractivity contribution in [2.24, 2.45) is 5.73 Å². The van der Waals surface area contributed by atoms with Crippen LogP contribution in [0.1, 0.15) is 18.5 Å². The van der Waals surface area contributed by atoms with Crippen molar-refractivity contribution in [2.45, 2.75) is 19.5 Å². The Morgan fingerprint density at radius 3 is 2.89 bits per heavy atom. The second kappa shape index (κ2) is 6.15. The normalized spacial score (nSPS) is 12.1. The Kier molecular flexibility index (Phi) is 4.30. The first-order valence-corrected chi connectivity index (χ1v) is 6.21. The Labute approximate surface area is 111 Å². The van der Waals surface area contributed by atoms with Gasteiger partial charge in [-0.1, -0.05) is 18.2 Å². The number of ether oxygens (including phenoxy) is 1. The summed E-state index contributed by atoms with van der Waals surface area (Å²) in [6.07, 6.45) is 3.15. The lowest BCUT2D eigenvalue weighted by molar-refractivity contribution is 0.332. The van der Waals surface area contributed by atoms with Gasteiger partial charge in [0.25, 0.3) is 0 Å². The first kappa shape index (κ1) is 13.3. The number of rotatable bonds is 5. The summed E-state index contributed by atoms with van der Waals surface area (Å²) in [5.41, 5.74) is 6.75. The molecule has 100 valence electrons. The average Bonchev–Trinajstić information content (AvgIpc) is 2.42. The number of nitrogens with zero attached hydrogens (tertiary/aromatic N) is 2. The highest BCUT2D eigenvalue weighted by Gasteiger charge is 2.12. The van der Waals surface area contributed by atoms with Crippen LogP contribution in [0, 0.1) is 0 Å². The van der Waals surface area contributed by atoms with Gasteiger partial charge in [0.2, 0.25) is 0 Å². The van der Waals surface area contributed by atoms with E-state index >= 15 is 0 Å². The molecular weight excluding hydrogens is 242 g/mol. The van der Waals surface area contributed by atoms with Crippen LogP contribution in [0.2, 0.25) is 0 Å². The fourth-order valence-corrected chi connectivity index (χ4v) is 1.91. The van der Waals surface area contributed by atoms with Gasteiger partial charge in [-0.2, -0.15) is 0 Å². The van der Waals surface area contributed by atoms with Crippen molar-refractivity contribution in [3.63, 3.8) is 0 Å². The van der Waals surface area contributed by atoms with E-state index in [4.69, 9.17) is 10.5 Å². The van der Waals surface area contributed by atoms with Crippen LogP contribution in [0.3, 0.4) is 0 Å². The number of nitrogens with two attached hydrogens (primary N) is 1. The van der Waals surface area contributed by atoms with Crippen LogP contribution in [0.5, 0.6) is 5.75 Å². The Hall–Kier alpha value is -2.14. The maximum atomic E-state index is 11.6. The van der Waals surface area contributed by atoms with Crippen molar-refractivity contribution < 1.29 is 4.74 Å². The number of aromatic nitrogens is 2. The minimum atomic E-state index is -0.315. The van der Waals surface area contributed by atoms with Crippen molar-refractivity contribution in [1.82, 2.24) is 9.55 Å². The first-order chi connectivity index (χ1) is 9.22. The van der Waals surface area contributed by atoms with Gasteiger partial charge in [0, 0.05) is 24.5 Å². The Morgan fingerprint density at radius 1 is 1.37 bits per heavy atom. The van der Waals surface area contributed by atoms with Crippen LogP contribution in [0.25, 0.3) is 0 Å². The summed E-state index contributed by atoms with van der Waals surface area (Å²) in [6.45, 7) is 2.88. The quantitative estimate of drug-likeness (QED) is 0.879. The molecule has 0 aliphatic rings. The van der Waals surface area contributed by atoms with Crippen LogP contribution < -0.4 is 16.2 Å². The summed E-state index contributed by atoms with van der Waals surface area (Å²) < 4.78 is 7.04. The number of benzene rings is 1. The third kappa shape index (κ3) is 3.20. The van der Waals surface area contributed by atoms with E-state index < -0.39 is 0 Å². The lowest BCUT2D eigenvalue weighted by atomic mass is 10.1. The van der Waals surface area contributed by atoms with E-state index in [0.717, 1.165) is 11.3 Å². The predicted octanol–water partition coefficient (Wildman–Crippen LogP) is 1.34. The van der Waals surface area contributed by atoms with Gasteiger partial charge in [-0.15, -0.1) is 0 Å². The van der Waals surface area contributed by atoms with Gasteiger partial charge in [0.15, 0.2) is 0 Å². The molecule has 0 aliphatic carbocycles. The standard InChI is InChI=1S/C14H17N3O2/c1-2-19-13-7-4-3-6-11(13)12(15)10-17-9-5-8-16-14(17)18/h3-9,12H,2,10,15H2,1H3. The molecule has 1 unspecified atom stereocenters. The summed E-state index contributed by atoms with van der Waals surface area (Å²) in [6, 6.07) is 9.00. The predicted molar refractivity (Wildman–Crippen MR) is 73.0 cm³/mol. The lowest BCUT2D eigenvalue weighted by Crippen LogP contribution is -2.27. The molecule has 0 saturated carbocycles. The molecule has 0 spiro atoms. The van der Waals surface area contributed by atoms with Gasteiger partial charge in [-0.25, -0.2) is 9.78 Å². The summed E-state index contributed by atoms with van der Waals surface area (Å²) in [5.74, 6) is 0.759. The first-order valence-electron chi connectivity index (χ1n) is 6.21. The second-order valence-electron chi connectivity index (χ2n) is 4.13. The van der Waals surface area contributed by atoms with E-state index in [2.05, 4.69) is 4.98 Å². The Balaban J connectivity index is 2.23. The summed E-state index contributed by atoms with van der Waals surface area (Å²) in [5, 5.41) is 0. The molecular formula is C14H17N3O2. The molecule has 1 aromatic carbocycles. The van der Waals surface area contributed by atoms with E-state index in [9.17, 15) is 4.79 Å². The van der Waals surface area contributed by atoms with Gasteiger partial charge in [-0.05, 0) is 19.1 Å². The van der Waals surface area contributed by atoms with Crippen LogP contribution in [-0.4, -0.2) is 16.2 Å². The van der Waals surface area contributed by atoms with Crippen LogP contribution >= 0.6 is 0 Å². The molecule has 5 heteroatoms. The van der Waals surface area contributed by atoms with Gasteiger partial charge >= 0.3 is 5.69 Å². The maximum absolute atomic E-state index is 11.6. The third-order valence-electron chi connectivity index (χ3n) is 2.79. The molecule has 2 rings (SSSR count). The topological polar surface area (TPSA) is 70.1 Å². The fraction of sp³-hybridized carbons (Fsp3) is 0.286. The van der Waals surface area contributed by atoms with E-state index in [1.807, 2.05) is 31.2 Å². The number of para-hydroxylation sites is 1. The van der Waals surface area contributed by atoms with Crippen molar-refractivity contribution in [2.75, 3.05) is 6.61 Å². The maximum Gasteiger partial charge on any atom is 0.347 e. The van der Waals surface area contributed by atoms with E-state index in [1.54, 1.807) is 12.3 Å². The molecule has 1 heterocycles. The molecule has 19 heavy (non-hydrogen) atoms. The average molecular weight is 259 g/mol.